The van der Waals surface area contributed by atoms with Crippen molar-refractivity contribution in [1.29, 1.82) is 0 Å². The zero-order chi connectivity index (χ0) is 9.40. The van der Waals surface area contributed by atoms with Gasteiger partial charge in [-0.1, -0.05) is 6.92 Å². The first-order valence-electron chi connectivity index (χ1n) is 4.47. The summed E-state index contributed by atoms with van der Waals surface area (Å²) in [5.74, 6) is 0.155. The van der Waals surface area contributed by atoms with Gasteiger partial charge in [0.25, 0.3) is 0 Å². The molecule has 72 valence electrons. The number of aliphatic hydroxyl groups is 1. The molecule has 0 spiro atoms. The van der Waals surface area contributed by atoms with Crippen molar-refractivity contribution in [3.63, 3.8) is 0 Å². The highest BCUT2D eigenvalue weighted by atomic mass is 16.5. The van der Waals surface area contributed by atoms with E-state index in [1.54, 1.807) is 6.92 Å². The highest BCUT2D eigenvalue weighted by molar-refractivity contribution is 5.69. The predicted molar refractivity (Wildman–Crippen MR) is 46.7 cm³/mol. The Bertz CT molecular complexity index is 123. The number of rotatable bonds is 6. The van der Waals surface area contributed by atoms with Gasteiger partial charge in [-0.05, 0) is 25.7 Å². The second kappa shape index (κ2) is 7.10. The molecule has 0 aromatic carbocycles. The predicted octanol–water partition coefficient (Wildman–Crippen LogP) is 1.35. The molecule has 1 atom stereocenters. The molecule has 0 saturated heterocycles. The van der Waals surface area contributed by atoms with Crippen molar-refractivity contribution < 1.29 is 14.6 Å². The Balaban J connectivity index is 3.24. The van der Waals surface area contributed by atoms with Crippen molar-refractivity contribution in [2.75, 3.05) is 13.2 Å². The summed E-state index contributed by atoms with van der Waals surface area (Å²) in [4.78, 5) is 10.8. The Labute approximate surface area is 73.7 Å². The molecule has 0 heterocycles. The van der Waals surface area contributed by atoms with Crippen LogP contribution in [0.3, 0.4) is 0 Å². The van der Waals surface area contributed by atoms with Crippen molar-refractivity contribution in [2.24, 2.45) is 5.92 Å². The third-order valence-electron chi connectivity index (χ3n) is 1.69. The number of carbonyl (C=O) groups excluding carboxylic acids is 1. The van der Waals surface area contributed by atoms with Crippen molar-refractivity contribution in [2.45, 2.75) is 33.1 Å². The van der Waals surface area contributed by atoms with Gasteiger partial charge in [-0.3, -0.25) is 4.79 Å². The molecular weight excluding hydrogens is 156 g/mol. The van der Waals surface area contributed by atoms with Crippen LogP contribution in [0.1, 0.15) is 33.1 Å². The Kier molecular flexibility index (Phi) is 6.76. The van der Waals surface area contributed by atoms with Gasteiger partial charge in [-0.25, -0.2) is 0 Å². The molecule has 0 bridgehead atoms. The highest BCUT2D eigenvalue weighted by Gasteiger charge is 2.03. The van der Waals surface area contributed by atoms with E-state index in [0.717, 1.165) is 12.8 Å². The van der Waals surface area contributed by atoms with E-state index in [1.165, 1.54) is 0 Å². The number of ether oxygens (including phenoxy) is 1. The topological polar surface area (TPSA) is 46.5 Å². The van der Waals surface area contributed by atoms with Crippen LogP contribution in [0, 0.1) is 5.92 Å². The van der Waals surface area contributed by atoms with Crippen molar-refractivity contribution in [1.82, 2.24) is 0 Å². The minimum atomic E-state index is -0.136. The van der Waals surface area contributed by atoms with Crippen molar-refractivity contribution in [3.05, 3.63) is 0 Å². The first-order chi connectivity index (χ1) is 5.70. The molecule has 0 aliphatic carbocycles. The number of hydrogen-bond donors (Lipinski definition) is 1. The Morgan fingerprint density at radius 2 is 2.25 bits per heavy atom. The third kappa shape index (κ3) is 6.16. The maximum absolute atomic E-state index is 10.8. The van der Waals surface area contributed by atoms with Gasteiger partial charge in [0.2, 0.25) is 0 Å². The average Bonchev–Trinajstić information content (AvgIpc) is 2.04. The molecule has 3 heteroatoms. The SMILES string of the molecule is CCOC(=O)CCCC(C)CO. The number of aliphatic hydroxyl groups excluding tert-OH is 1. The maximum atomic E-state index is 10.8. The van der Waals surface area contributed by atoms with E-state index in [9.17, 15) is 4.79 Å². The van der Waals surface area contributed by atoms with E-state index in [-0.39, 0.29) is 12.6 Å². The summed E-state index contributed by atoms with van der Waals surface area (Å²) in [5, 5.41) is 8.69. The van der Waals surface area contributed by atoms with Gasteiger partial charge in [-0.2, -0.15) is 0 Å². The zero-order valence-electron chi connectivity index (χ0n) is 7.88. The fraction of sp³-hybridized carbons (Fsp3) is 0.889. The van der Waals surface area contributed by atoms with E-state index in [4.69, 9.17) is 9.84 Å². The van der Waals surface area contributed by atoms with Crippen molar-refractivity contribution in [3.8, 4) is 0 Å². The third-order valence-corrected chi connectivity index (χ3v) is 1.69. The normalized spacial score (nSPS) is 12.6. The highest BCUT2D eigenvalue weighted by Crippen LogP contribution is 2.06. The summed E-state index contributed by atoms with van der Waals surface area (Å²) >= 11 is 0. The van der Waals surface area contributed by atoms with Gasteiger partial charge in [0.1, 0.15) is 0 Å². The minimum Gasteiger partial charge on any atom is -0.466 e. The summed E-state index contributed by atoms with van der Waals surface area (Å²) in [6.45, 7) is 4.41. The summed E-state index contributed by atoms with van der Waals surface area (Å²) in [6, 6.07) is 0. The molecule has 0 aromatic heterocycles. The van der Waals surface area contributed by atoms with Crippen LogP contribution in [0.4, 0.5) is 0 Å². The van der Waals surface area contributed by atoms with E-state index in [2.05, 4.69) is 0 Å². The van der Waals surface area contributed by atoms with Gasteiger partial charge in [-0.15, -0.1) is 0 Å². The smallest absolute Gasteiger partial charge is 0.305 e. The summed E-state index contributed by atoms with van der Waals surface area (Å²) < 4.78 is 4.76. The molecule has 0 amide bonds. The number of carbonyl (C=O) groups is 1. The largest absolute Gasteiger partial charge is 0.466 e. The van der Waals surface area contributed by atoms with Crippen LogP contribution in [0.15, 0.2) is 0 Å². The average molecular weight is 174 g/mol. The van der Waals surface area contributed by atoms with Crippen LogP contribution in [-0.2, 0) is 9.53 Å². The van der Waals surface area contributed by atoms with Gasteiger partial charge in [0.05, 0.1) is 6.61 Å². The Morgan fingerprint density at radius 3 is 2.75 bits per heavy atom. The molecule has 12 heavy (non-hydrogen) atoms. The van der Waals surface area contributed by atoms with Crippen LogP contribution in [-0.4, -0.2) is 24.3 Å². The van der Waals surface area contributed by atoms with Gasteiger partial charge in [0.15, 0.2) is 0 Å². The fourth-order valence-corrected chi connectivity index (χ4v) is 0.919. The molecule has 3 nitrogen and oxygen atoms in total. The maximum Gasteiger partial charge on any atom is 0.305 e. The summed E-state index contributed by atoms with van der Waals surface area (Å²) in [7, 11) is 0. The van der Waals surface area contributed by atoms with Gasteiger partial charge < -0.3 is 9.84 Å². The standard InChI is InChI=1S/C9H18O3/c1-3-12-9(11)6-4-5-8(2)7-10/h8,10H,3-7H2,1-2H3. The summed E-state index contributed by atoms with van der Waals surface area (Å²) in [5.41, 5.74) is 0. The molecule has 1 unspecified atom stereocenters. The van der Waals surface area contributed by atoms with Crippen LogP contribution in [0.25, 0.3) is 0 Å². The van der Waals surface area contributed by atoms with Gasteiger partial charge >= 0.3 is 5.97 Å². The minimum absolute atomic E-state index is 0.136. The Hall–Kier alpha value is -0.570. The van der Waals surface area contributed by atoms with Crippen molar-refractivity contribution >= 4 is 5.97 Å². The second-order valence-electron chi connectivity index (χ2n) is 2.98. The lowest BCUT2D eigenvalue weighted by Crippen LogP contribution is -2.06. The lowest BCUT2D eigenvalue weighted by Gasteiger charge is -2.06. The first kappa shape index (κ1) is 11.4. The zero-order valence-corrected chi connectivity index (χ0v) is 7.88. The molecule has 1 N–H and O–H groups in total. The van der Waals surface area contributed by atoms with E-state index >= 15 is 0 Å². The molecule has 0 aromatic rings. The lowest BCUT2D eigenvalue weighted by atomic mass is 10.1. The Morgan fingerprint density at radius 1 is 1.58 bits per heavy atom. The van der Waals surface area contributed by atoms with Crippen LogP contribution >= 0.6 is 0 Å². The lowest BCUT2D eigenvalue weighted by molar-refractivity contribution is -0.143. The monoisotopic (exact) mass is 174 g/mol. The van der Waals surface area contributed by atoms with Crippen LogP contribution < -0.4 is 0 Å². The molecule has 0 fully saturated rings. The second-order valence-corrected chi connectivity index (χ2v) is 2.98. The number of hydrogen-bond acceptors (Lipinski definition) is 3. The first-order valence-corrected chi connectivity index (χ1v) is 4.47. The molecule has 0 radical (unpaired) electrons. The molecule has 0 aliphatic heterocycles. The molecule has 0 aliphatic rings. The number of esters is 1. The van der Waals surface area contributed by atoms with Crippen LogP contribution in [0.5, 0.6) is 0 Å². The molecule has 0 saturated carbocycles. The quantitative estimate of drug-likeness (QED) is 0.618. The van der Waals surface area contributed by atoms with E-state index in [0.29, 0.717) is 18.9 Å². The van der Waals surface area contributed by atoms with Gasteiger partial charge in [0, 0.05) is 13.0 Å². The summed E-state index contributed by atoms with van der Waals surface area (Å²) in [6.07, 6.45) is 2.16. The molecular formula is C9H18O3. The van der Waals surface area contributed by atoms with E-state index in [1.807, 2.05) is 6.92 Å². The fourth-order valence-electron chi connectivity index (χ4n) is 0.919. The molecule has 0 rings (SSSR count). The van der Waals surface area contributed by atoms with E-state index < -0.39 is 0 Å². The van der Waals surface area contributed by atoms with Crippen LogP contribution in [0.2, 0.25) is 0 Å².